The van der Waals surface area contributed by atoms with Gasteiger partial charge in [-0.05, 0) is 102 Å². The molecule has 32 heavy (non-hydrogen) atoms. The molecule has 0 aromatic rings. The summed E-state index contributed by atoms with van der Waals surface area (Å²) < 4.78 is 0. The summed E-state index contributed by atoms with van der Waals surface area (Å²) in [5.74, 6) is 11.2. The van der Waals surface area contributed by atoms with Crippen LogP contribution in [0.1, 0.15) is 110 Å². The predicted molar refractivity (Wildman–Crippen MR) is 140 cm³/mol. The van der Waals surface area contributed by atoms with Crippen LogP contribution in [0, 0.1) is 59.2 Å². The van der Waals surface area contributed by atoms with E-state index in [1.165, 1.54) is 23.9 Å². The van der Waals surface area contributed by atoms with Crippen LogP contribution in [0.3, 0.4) is 0 Å². The third-order valence-corrected chi connectivity index (χ3v) is 18.7. The Morgan fingerprint density at radius 2 is 1.22 bits per heavy atom. The lowest BCUT2D eigenvalue weighted by atomic mass is 9.67. The van der Waals surface area contributed by atoms with E-state index in [4.69, 9.17) is 0 Å². The van der Waals surface area contributed by atoms with E-state index < -0.39 is 8.07 Å². The van der Waals surface area contributed by atoms with Crippen molar-refractivity contribution in [3.05, 3.63) is 0 Å². The summed E-state index contributed by atoms with van der Waals surface area (Å²) in [7, 11) is -1.25. The van der Waals surface area contributed by atoms with E-state index >= 15 is 0 Å². The second-order valence-corrected chi connectivity index (χ2v) is 20.0. The summed E-state index contributed by atoms with van der Waals surface area (Å²) in [4.78, 5) is 0. The molecule has 0 N–H and O–H groups in total. The molecule has 0 saturated heterocycles. The average molecular weight is 455 g/mol. The van der Waals surface area contributed by atoms with Crippen molar-refractivity contribution in [1.82, 2.24) is 0 Å². The Morgan fingerprint density at radius 3 is 1.88 bits per heavy atom. The highest BCUT2D eigenvalue weighted by Gasteiger charge is 2.59. The molecule has 1 heteroatoms. The Kier molecular flexibility index (Phi) is 6.17. The zero-order valence-corrected chi connectivity index (χ0v) is 23.0. The average Bonchev–Trinajstić information content (AvgIpc) is 3.54. The van der Waals surface area contributed by atoms with E-state index in [9.17, 15) is 0 Å². The third-order valence-electron chi connectivity index (χ3n) is 13.5. The summed E-state index contributed by atoms with van der Waals surface area (Å²) in [5.41, 5.74) is 2.35. The zero-order valence-electron chi connectivity index (χ0n) is 22.0. The van der Waals surface area contributed by atoms with Crippen molar-refractivity contribution in [3.63, 3.8) is 0 Å². The molecule has 0 spiro atoms. The maximum atomic E-state index is 2.94. The Hall–Kier alpha value is 0.217. The van der Waals surface area contributed by atoms with Crippen molar-refractivity contribution in [2.45, 2.75) is 134 Å². The van der Waals surface area contributed by atoms with Gasteiger partial charge in [0.2, 0.25) is 0 Å². The molecule has 0 heterocycles. The van der Waals surface area contributed by atoms with Gasteiger partial charge in [0.1, 0.15) is 0 Å². The molecule has 0 bridgehead atoms. The van der Waals surface area contributed by atoms with E-state index in [0.29, 0.717) is 0 Å². The van der Waals surface area contributed by atoms with Gasteiger partial charge in [0, 0.05) is 0 Å². The van der Waals surface area contributed by atoms with Crippen LogP contribution in [0.5, 0.6) is 0 Å². The Balaban J connectivity index is 1.25. The molecule has 0 aromatic heterocycles. The van der Waals surface area contributed by atoms with Gasteiger partial charge in [-0.15, -0.1) is 0 Å². The first-order chi connectivity index (χ1) is 15.5. The minimum atomic E-state index is -1.25. The van der Waals surface area contributed by atoms with E-state index in [-0.39, 0.29) is 0 Å². The summed E-state index contributed by atoms with van der Waals surface area (Å²) in [6, 6.07) is 0. The SMILES string of the molecule is CCCC(C)C1CC([Si](C)(C)C2CCC3CC4CCCC4CC32)C2CC3CCCC3CC12. The van der Waals surface area contributed by atoms with Gasteiger partial charge in [0.05, 0.1) is 8.07 Å². The molecule has 12 atom stereocenters. The van der Waals surface area contributed by atoms with E-state index in [0.717, 1.165) is 59.2 Å². The first kappa shape index (κ1) is 22.7. The second-order valence-electron chi connectivity index (χ2n) is 14.9. The monoisotopic (exact) mass is 454 g/mol. The third kappa shape index (κ3) is 3.64. The number of rotatable bonds is 5. The number of fused-ring (bicyclic) bond motifs is 4. The zero-order chi connectivity index (χ0) is 22.0. The second kappa shape index (κ2) is 8.71. The van der Waals surface area contributed by atoms with Crippen molar-refractivity contribution in [2.24, 2.45) is 59.2 Å². The Bertz CT molecular complexity index is 667. The first-order valence-corrected chi connectivity index (χ1v) is 18.6. The molecule has 6 fully saturated rings. The highest BCUT2D eigenvalue weighted by molar-refractivity contribution is 6.80. The highest BCUT2D eigenvalue weighted by atomic mass is 28.3. The molecule has 6 rings (SSSR count). The molecular weight excluding hydrogens is 400 g/mol. The molecule has 0 nitrogen and oxygen atoms in total. The van der Waals surface area contributed by atoms with Crippen molar-refractivity contribution < 1.29 is 0 Å². The van der Waals surface area contributed by atoms with Crippen molar-refractivity contribution in [2.75, 3.05) is 0 Å². The van der Waals surface area contributed by atoms with E-state index in [1.807, 2.05) is 0 Å². The lowest BCUT2D eigenvalue weighted by Gasteiger charge is -2.47. The number of hydrogen-bond acceptors (Lipinski definition) is 0. The van der Waals surface area contributed by atoms with E-state index in [1.54, 1.807) is 83.5 Å². The van der Waals surface area contributed by atoms with Crippen LogP contribution in [0.15, 0.2) is 0 Å². The van der Waals surface area contributed by atoms with Crippen molar-refractivity contribution in [3.8, 4) is 0 Å². The van der Waals surface area contributed by atoms with Crippen LogP contribution >= 0.6 is 0 Å². The fourth-order valence-electron chi connectivity index (χ4n) is 12.0. The Morgan fingerprint density at radius 1 is 0.625 bits per heavy atom. The summed E-state index contributed by atoms with van der Waals surface area (Å²) in [5, 5.41) is 0. The summed E-state index contributed by atoms with van der Waals surface area (Å²) in [6.07, 6.45) is 23.9. The van der Waals surface area contributed by atoms with Crippen LogP contribution in [0.4, 0.5) is 0 Å². The fraction of sp³-hybridized carbons (Fsp3) is 1.00. The van der Waals surface area contributed by atoms with Gasteiger partial charge >= 0.3 is 0 Å². The molecule has 0 radical (unpaired) electrons. The fourth-order valence-corrected chi connectivity index (χ4v) is 17.4. The standard InChI is InChI=1S/C31H54Si/c1-5-8-20(2)26-19-31(29-18-24-12-7-11-23(24)17-28(26)29)32(3,4)30-14-13-25-15-21-9-6-10-22(21)16-27(25)30/h20-31H,5-19H2,1-4H3. The minimum Gasteiger partial charge on any atom is -0.0689 e. The topological polar surface area (TPSA) is 0 Å². The van der Waals surface area contributed by atoms with Crippen molar-refractivity contribution >= 4 is 8.07 Å². The van der Waals surface area contributed by atoms with Crippen LogP contribution in [0.25, 0.3) is 0 Å². The lowest BCUT2D eigenvalue weighted by Crippen LogP contribution is -2.45. The molecule has 12 unspecified atom stereocenters. The predicted octanol–water partition coefficient (Wildman–Crippen LogP) is 9.57. The molecule has 0 aliphatic heterocycles. The van der Waals surface area contributed by atoms with Gasteiger partial charge in [-0.1, -0.05) is 91.1 Å². The van der Waals surface area contributed by atoms with Crippen LogP contribution < -0.4 is 0 Å². The molecule has 182 valence electrons. The Labute approximate surface area is 201 Å². The maximum absolute atomic E-state index is 2.94. The molecule has 6 aliphatic rings. The number of hydrogen-bond donors (Lipinski definition) is 0. The van der Waals surface area contributed by atoms with Crippen LogP contribution in [-0.4, -0.2) is 8.07 Å². The molecule has 6 saturated carbocycles. The minimum absolute atomic E-state index is 0.991. The smallest absolute Gasteiger partial charge is 0.0541 e. The molecule has 6 aliphatic carbocycles. The van der Waals surface area contributed by atoms with Crippen LogP contribution in [-0.2, 0) is 0 Å². The molecule has 0 amide bonds. The molecular formula is C31H54Si. The first-order valence-electron chi connectivity index (χ1n) is 15.5. The maximum Gasteiger partial charge on any atom is 0.0541 e. The van der Waals surface area contributed by atoms with Gasteiger partial charge in [-0.2, -0.15) is 0 Å². The van der Waals surface area contributed by atoms with Gasteiger partial charge in [-0.25, -0.2) is 0 Å². The van der Waals surface area contributed by atoms with Crippen molar-refractivity contribution in [1.29, 1.82) is 0 Å². The van der Waals surface area contributed by atoms with Crippen LogP contribution in [0.2, 0.25) is 24.2 Å². The largest absolute Gasteiger partial charge is 0.0689 e. The lowest BCUT2D eigenvalue weighted by molar-refractivity contribution is 0.107. The quantitative estimate of drug-likeness (QED) is 0.363. The van der Waals surface area contributed by atoms with Gasteiger partial charge in [0.15, 0.2) is 0 Å². The highest BCUT2D eigenvalue weighted by Crippen LogP contribution is 2.67. The van der Waals surface area contributed by atoms with Gasteiger partial charge in [0.25, 0.3) is 0 Å². The van der Waals surface area contributed by atoms with E-state index in [2.05, 4.69) is 26.9 Å². The van der Waals surface area contributed by atoms with Gasteiger partial charge < -0.3 is 0 Å². The summed E-state index contributed by atoms with van der Waals surface area (Å²) >= 11 is 0. The molecule has 0 aromatic carbocycles. The summed E-state index contributed by atoms with van der Waals surface area (Å²) in [6.45, 7) is 11.0. The van der Waals surface area contributed by atoms with Gasteiger partial charge in [-0.3, -0.25) is 0 Å². The normalized spacial score (nSPS) is 51.2.